The lowest BCUT2D eigenvalue weighted by Gasteiger charge is -2.06. The van der Waals surface area contributed by atoms with Crippen molar-refractivity contribution in [3.8, 4) is 5.75 Å². The first kappa shape index (κ1) is 12.9. The predicted molar refractivity (Wildman–Crippen MR) is 63.1 cm³/mol. The monoisotopic (exact) mass is 212 g/mol. The number of aliphatic hydroxyl groups excluding tert-OH is 1. The van der Waals surface area contributed by atoms with E-state index in [4.69, 9.17) is 5.11 Å². The Labute approximate surface area is 90.2 Å². The molecule has 1 aromatic carbocycles. The van der Waals surface area contributed by atoms with Gasteiger partial charge in [0.1, 0.15) is 11.3 Å². The molecule has 3 heteroatoms. The second-order valence-electron chi connectivity index (χ2n) is 2.73. The lowest BCUT2D eigenvalue weighted by molar-refractivity contribution is 0.468. The number of thiocarbonyl (C=S) groups is 1. The van der Waals surface area contributed by atoms with Gasteiger partial charge in [-0.15, -0.1) is 0 Å². The molecule has 0 aliphatic heterocycles. The highest BCUT2D eigenvalue weighted by Gasteiger charge is 2.02. The van der Waals surface area contributed by atoms with E-state index < -0.39 is 0 Å². The zero-order valence-corrected chi connectivity index (χ0v) is 9.34. The van der Waals surface area contributed by atoms with Crippen LogP contribution in [0.25, 0.3) is 0 Å². The summed E-state index contributed by atoms with van der Waals surface area (Å²) in [5.74, 6) is 0.437. The van der Waals surface area contributed by atoms with Gasteiger partial charge in [-0.25, -0.2) is 0 Å². The van der Waals surface area contributed by atoms with Gasteiger partial charge in [-0.3, -0.25) is 0 Å². The molecule has 14 heavy (non-hydrogen) atoms. The SMILES string of the molecule is CCc1cccc(O)c1CC.OC=S. The zero-order valence-electron chi connectivity index (χ0n) is 8.53. The summed E-state index contributed by atoms with van der Waals surface area (Å²) < 4.78 is 0. The van der Waals surface area contributed by atoms with Crippen LogP contribution in [0.3, 0.4) is 0 Å². The molecule has 0 spiro atoms. The lowest BCUT2D eigenvalue weighted by atomic mass is 10.0. The van der Waals surface area contributed by atoms with Crippen LogP contribution >= 0.6 is 12.2 Å². The summed E-state index contributed by atoms with van der Waals surface area (Å²) in [5.41, 5.74) is 2.93. The Morgan fingerprint density at radius 2 is 1.86 bits per heavy atom. The molecule has 0 unspecified atom stereocenters. The second-order valence-corrected chi connectivity index (χ2v) is 2.94. The molecule has 2 N–H and O–H groups in total. The minimum Gasteiger partial charge on any atom is -0.508 e. The van der Waals surface area contributed by atoms with Gasteiger partial charge in [0.05, 0.1) is 0 Å². The van der Waals surface area contributed by atoms with Gasteiger partial charge in [-0.1, -0.05) is 26.0 Å². The molecule has 0 atom stereocenters. The van der Waals surface area contributed by atoms with Crippen molar-refractivity contribution in [2.24, 2.45) is 0 Å². The Hall–Kier alpha value is -1.09. The number of aryl methyl sites for hydroxylation is 1. The molecular weight excluding hydrogens is 196 g/mol. The number of aromatic hydroxyl groups is 1. The first-order chi connectivity index (χ1) is 6.71. The van der Waals surface area contributed by atoms with Gasteiger partial charge in [0.15, 0.2) is 0 Å². The van der Waals surface area contributed by atoms with Crippen LogP contribution < -0.4 is 0 Å². The maximum absolute atomic E-state index is 9.42. The maximum atomic E-state index is 9.42. The van der Waals surface area contributed by atoms with E-state index in [1.807, 2.05) is 6.07 Å². The van der Waals surface area contributed by atoms with Gasteiger partial charge in [-0.05, 0) is 42.3 Å². The molecular formula is C11H16O2S. The fraction of sp³-hybridized carbons (Fsp3) is 0.364. The summed E-state index contributed by atoms with van der Waals surface area (Å²) in [5, 5.41) is 16.7. The first-order valence-electron chi connectivity index (χ1n) is 4.58. The summed E-state index contributed by atoms with van der Waals surface area (Å²) in [4.78, 5) is 0. The van der Waals surface area contributed by atoms with Crippen molar-refractivity contribution >= 4 is 17.8 Å². The van der Waals surface area contributed by atoms with E-state index in [2.05, 4.69) is 32.1 Å². The summed E-state index contributed by atoms with van der Waals surface area (Å²) >= 11 is 3.82. The molecule has 0 saturated heterocycles. The number of benzene rings is 1. The Bertz CT molecular complexity index is 285. The number of phenols is 1. The molecule has 1 aromatic rings. The van der Waals surface area contributed by atoms with E-state index in [9.17, 15) is 5.11 Å². The van der Waals surface area contributed by atoms with Crippen molar-refractivity contribution in [2.45, 2.75) is 26.7 Å². The van der Waals surface area contributed by atoms with Gasteiger partial charge in [-0.2, -0.15) is 0 Å². The van der Waals surface area contributed by atoms with Crippen molar-refractivity contribution < 1.29 is 10.2 Å². The number of phenolic OH excluding ortho intramolecular Hbond substituents is 1. The fourth-order valence-electron chi connectivity index (χ4n) is 1.36. The van der Waals surface area contributed by atoms with Crippen LogP contribution in [0.4, 0.5) is 0 Å². The smallest absolute Gasteiger partial charge is 0.142 e. The summed E-state index contributed by atoms with van der Waals surface area (Å²) in [7, 11) is 0. The molecule has 0 bridgehead atoms. The van der Waals surface area contributed by atoms with Crippen LogP contribution in [0.5, 0.6) is 5.75 Å². The number of rotatable bonds is 2. The van der Waals surface area contributed by atoms with Crippen LogP contribution in [0, 0.1) is 0 Å². The predicted octanol–water partition coefficient (Wildman–Crippen LogP) is 3.02. The molecule has 0 saturated carbocycles. The molecule has 0 radical (unpaired) electrons. The third-order valence-electron chi connectivity index (χ3n) is 1.98. The molecule has 0 aromatic heterocycles. The molecule has 0 aliphatic carbocycles. The molecule has 0 aliphatic rings. The minimum absolute atomic E-state index is 0.437. The van der Waals surface area contributed by atoms with E-state index in [0.717, 1.165) is 18.4 Å². The lowest BCUT2D eigenvalue weighted by Crippen LogP contribution is -1.90. The maximum Gasteiger partial charge on any atom is 0.142 e. The Morgan fingerprint density at radius 1 is 1.29 bits per heavy atom. The fourth-order valence-corrected chi connectivity index (χ4v) is 1.36. The van der Waals surface area contributed by atoms with Gasteiger partial charge >= 0.3 is 0 Å². The van der Waals surface area contributed by atoms with Gasteiger partial charge in [0.2, 0.25) is 0 Å². The molecule has 78 valence electrons. The Morgan fingerprint density at radius 3 is 2.21 bits per heavy atom. The first-order valence-corrected chi connectivity index (χ1v) is 5.05. The molecule has 1 rings (SSSR count). The molecule has 2 nitrogen and oxygen atoms in total. The largest absolute Gasteiger partial charge is 0.508 e. The van der Waals surface area contributed by atoms with Crippen molar-refractivity contribution in [3.63, 3.8) is 0 Å². The Balaban J connectivity index is 0.000000500. The van der Waals surface area contributed by atoms with Gasteiger partial charge in [0, 0.05) is 0 Å². The number of aliphatic hydroxyl groups is 1. The van der Waals surface area contributed by atoms with Crippen LogP contribution in [0.2, 0.25) is 0 Å². The standard InChI is InChI=1S/C10H14O.CH2OS/c1-3-8-6-5-7-10(11)9(8)4-2;2-1-3/h5-7,11H,3-4H2,1-2H3;1H,(H,2,3). The average molecular weight is 212 g/mol. The van der Waals surface area contributed by atoms with Gasteiger partial charge in [0.25, 0.3) is 0 Å². The second kappa shape index (κ2) is 7.33. The summed E-state index contributed by atoms with van der Waals surface area (Å²) in [6, 6.07) is 5.71. The third kappa shape index (κ3) is 3.75. The molecule has 0 fully saturated rings. The van der Waals surface area contributed by atoms with Crippen molar-refractivity contribution in [1.29, 1.82) is 0 Å². The van der Waals surface area contributed by atoms with Crippen LogP contribution in [0.1, 0.15) is 25.0 Å². The van der Waals surface area contributed by atoms with E-state index in [0.29, 0.717) is 11.3 Å². The zero-order chi connectivity index (χ0) is 11.0. The summed E-state index contributed by atoms with van der Waals surface area (Å²) in [6.07, 6.45) is 1.91. The minimum atomic E-state index is 0.437. The average Bonchev–Trinajstić information content (AvgIpc) is 2.18. The Kier molecular flexibility index (Phi) is 6.76. The van der Waals surface area contributed by atoms with E-state index in [-0.39, 0.29) is 0 Å². The van der Waals surface area contributed by atoms with Crippen molar-refractivity contribution in [1.82, 2.24) is 0 Å². The normalized spacial score (nSPS) is 8.71. The quantitative estimate of drug-likeness (QED) is 0.740. The van der Waals surface area contributed by atoms with E-state index in [1.54, 1.807) is 6.07 Å². The topological polar surface area (TPSA) is 40.5 Å². The van der Waals surface area contributed by atoms with Gasteiger partial charge < -0.3 is 10.2 Å². The highest BCUT2D eigenvalue weighted by Crippen LogP contribution is 2.21. The van der Waals surface area contributed by atoms with E-state index >= 15 is 0 Å². The van der Waals surface area contributed by atoms with Crippen molar-refractivity contribution in [3.05, 3.63) is 29.3 Å². The van der Waals surface area contributed by atoms with E-state index in [1.165, 1.54) is 5.56 Å². The van der Waals surface area contributed by atoms with Crippen LogP contribution in [-0.4, -0.2) is 15.8 Å². The third-order valence-corrected chi connectivity index (χ3v) is 1.98. The number of hydrogen-bond acceptors (Lipinski definition) is 2. The van der Waals surface area contributed by atoms with Crippen LogP contribution in [-0.2, 0) is 12.8 Å². The highest BCUT2D eigenvalue weighted by molar-refractivity contribution is 7.78. The summed E-state index contributed by atoms with van der Waals surface area (Å²) in [6.45, 7) is 4.17. The number of hydrogen-bond donors (Lipinski definition) is 2. The molecule has 0 heterocycles. The molecule has 0 amide bonds. The van der Waals surface area contributed by atoms with Crippen molar-refractivity contribution in [2.75, 3.05) is 0 Å². The highest BCUT2D eigenvalue weighted by atomic mass is 32.1. The van der Waals surface area contributed by atoms with Crippen LogP contribution in [0.15, 0.2) is 18.2 Å².